The van der Waals surface area contributed by atoms with Crippen molar-refractivity contribution in [3.8, 4) is 5.69 Å². The highest BCUT2D eigenvalue weighted by Gasteiger charge is 2.30. The molecule has 26 heavy (non-hydrogen) atoms. The van der Waals surface area contributed by atoms with Crippen LogP contribution in [0.2, 0.25) is 0 Å². The Morgan fingerprint density at radius 1 is 1.04 bits per heavy atom. The summed E-state index contributed by atoms with van der Waals surface area (Å²) in [5, 5.41) is 7.73. The van der Waals surface area contributed by atoms with Crippen LogP contribution in [-0.2, 0) is 22.7 Å². The molecule has 0 bridgehead atoms. The van der Waals surface area contributed by atoms with Gasteiger partial charge in [-0.15, -0.1) is 5.10 Å². The van der Waals surface area contributed by atoms with E-state index in [2.05, 4.69) is 20.0 Å². The first kappa shape index (κ1) is 18.0. The first-order chi connectivity index (χ1) is 12.3. The molecule has 11 heteroatoms. The number of hydrogen-bond donors (Lipinski definition) is 1. The average Bonchev–Trinajstić information content (AvgIpc) is 3.09. The third-order valence-electron chi connectivity index (χ3n) is 3.40. The molecule has 136 valence electrons. The van der Waals surface area contributed by atoms with E-state index in [1.54, 1.807) is 24.5 Å². The number of rotatable bonds is 5. The van der Waals surface area contributed by atoms with Crippen molar-refractivity contribution in [2.24, 2.45) is 0 Å². The van der Waals surface area contributed by atoms with Crippen molar-refractivity contribution in [3.63, 3.8) is 0 Å². The highest BCUT2D eigenvalue weighted by Crippen LogP contribution is 2.29. The fourth-order valence-electron chi connectivity index (χ4n) is 2.08. The molecule has 0 unspecified atom stereocenters. The molecule has 0 atom stereocenters. The van der Waals surface area contributed by atoms with Crippen LogP contribution in [0.5, 0.6) is 0 Å². The average molecular weight is 383 g/mol. The van der Waals surface area contributed by atoms with Crippen molar-refractivity contribution in [1.29, 1.82) is 0 Å². The second-order valence-electron chi connectivity index (χ2n) is 5.21. The Kier molecular flexibility index (Phi) is 4.74. The minimum atomic E-state index is -4.53. The molecule has 0 spiro atoms. The molecule has 0 aliphatic carbocycles. The monoisotopic (exact) mass is 383 g/mol. The Morgan fingerprint density at radius 2 is 1.69 bits per heavy atom. The van der Waals surface area contributed by atoms with Crippen LogP contribution in [0.15, 0.2) is 59.9 Å². The smallest absolute Gasteiger partial charge is 0.265 e. The third kappa shape index (κ3) is 4.06. The number of alkyl halides is 3. The predicted octanol–water partition coefficient (Wildman–Crippen LogP) is 2.16. The van der Waals surface area contributed by atoms with E-state index in [4.69, 9.17) is 0 Å². The van der Waals surface area contributed by atoms with Gasteiger partial charge in [-0.3, -0.25) is 4.98 Å². The van der Waals surface area contributed by atoms with Gasteiger partial charge in [0.2, 0.25) is 10.0 Å². The summed E-state index contributed by atoms with van der Waals surface area (Å²) in [6.07, 6.45) is 0.153. The minimum Gasteiger partial charge on any atom is -0.265 e. The molecule has 1 N–H and O–H groups in total. The zero-order valence-corrected chi connectivity index (χ0v) is 13.9. The molecule has 3 aromatic rings. The lowest BCUT2D eigenvalue weighted by molar-refractivity contribution is -0.137. The maximum absolute atomic E-state index is 12.5. The standard InChI is InChI=1S/C15H12F3N5O2S/c16-15(17,18)11-1-3-14(4-2-11)26(24,25)20-9-12-10-23(22-21-12)13-5-7-19-8-6-13/h1-8,10,20H,9H2. The van der Waals surface area contributed by atoms with Crippen molar-refractivity contribution in [2.45, 2.75) is 17.6 Å². The molecular formula is C15H12F3N5O2S. The van der Waals surface area contributed by atoms with Gasteiger partial charge in [-0.1, -0.05) is 5.21 Å². The summed E-state index contributed by atoms with van der Waals surface area (Å²) in [7, 11) is -3.98. The molecule has 0 aliphatic rings. The van der Waals surface area contributed by atoms with E-state index in [1.807, 2.05) is 0 Å². The quantitative estimate of drug-likeness (QED) is 0.729. The molecule has 3 rings (SSSR count). The van der Waals surface area contributed by atoms with Crippen LogP contribution in [0.1, 0.15) is 11.3 Å². The molecular weight excluding hydrogens is 371 g/mol. The lowest BCUT2D eigenvalue weighted by Gasteiger charge is -2.08. The highest BCUT2D eigenvalue weighted by molar-refractivity contribution is 7.89. The SMILES string of the molecule is O=S(=O)(NCc1cn(-c2ccncc2)nn1)c1ccc(C(F)(F)F)cc1. The van der Waals surface area contributed by atoms with Gasteiger partial charge in [0.1, 0.15) is 0 Å². The van der Waals surface area contributed by atoms with Crippen molar-refractivity contribution in [1.82, 2.24) is 24.7 Å². The van der Waals surface area contributed by atoms with Crippen molar-refractivity contribution in [3.05, 3.63) is 66.2 Å². The van der Waals surface area contributed by atoms with E-state index in [1.165, 1.54) is 10.9 Å². The van der Waals surface area contributed by atoms with Gasteiger partial charge < -0.3 is 0 Å². The second-order valence-corrected chi connectivity index (χ2v) is 6.97. The first-order valence-corrected chi connectivity index (χ1v) is 8.72. The van der Waals surface area contributed by atoms with Crippen LogP contribution in [0.25, 0.3) is 5.69 Å². The fraction of sp³-hybridized carbons (Fsp3) is 0.133. The maximum atomic E-state index is 12.5. The normalized spacial score (nSPS) is 12.3. The topological polar surface area (TPSA) is 89.8 Å². The van der Waals surface area contributed by atoms with Crippen molar-refractivity contribution in [2.75, 3.05) is 0 Å². The number of hydrogen-bond acceptors (Lipinski definition) is 5. The van der Waals surface area contributed by atoms with Crippen LogP contribution in [0, 0.1) is 0 Å². The number of halogens is 3. The summed E-state index contributed by atoms with van der Waals surface area (Å²) in [5.74, 6) is 0. The Labute approximate surface area is 146 Å². The first-order valence-electron chi connectivity index (χ1n) is 7.24. The summed E-state index contributed by atoms with van der Waals surface area (Å²) >= 11 is 0. The molecule has 0 fully saturated rings. The molecule has 0 saturated heterocycles. The number of aromatic nitrogens is 4. The van der Waals surface area contributed by atoms with Crippen LogP contribution in [0.3, 0.4) is 0 Å². The molecule has 2 heterocycles. The van der Waals surface area contributed by atoms with Gasteiger partial charge in [0.05, 0.1) is 34.6 Å². The van der Waals surface area contributed by atoms with E-state index in [0.717, 1.165) is 12.1 Å². The molecule has 1 aromatic carbocycles. The summed E-state index contributed by atoms with van der Waals surface area (Å²) in [4.78, 5) is 3.61. The Bertz CT molecular complexity index is 986. The summed E-state index contributed by atoms with van der Waals surface area (Å²) < 4.78 is 65.7. The van der Waals surface area contributed by atoms with E-state index < -0.39 is 21.8 Å². The van der Waals surface area contributed by atoms with Crippen molar-refractivity contribution < 1.29 is 21.6 Å². The Hall–Kier alpha value is -2.79. The van der Waals surface area contributed by atoms with E-state index >= 15 is 0 Å². The van der Waals surface area contributed by atoms with Gasteiger partial charge in [-0.25, -0.2) is 17.8 Å². The summed E-state index contributed by atoms with van der Waals surface area (Å²) in [6, 6.07) is 6.64. The largest absolute Gasteiger partial charge is 0.416 e. The summed E-state index contributed by atoms with van der Waals surface area (Å²) in [6.45, 7) is -0.158. The molecule has 7 nitrogen and oxygen atoms in total. The lowest BCUT2D eigenvalue weighted by atomic mass is 10.2. The summed E-state index contributed by atoms with van der Waals surface area (Å²) in [5.41, 5.74) is 0.124. The molecule has 0 radical (unpaired) electrons. The Morgan fingerprint density at radius 3 is 2.31 bits per heavy atom. The Balaban J connectivity index is 1.70. The fourth-order valence-corrected chi connectivity index (χ4v) is 3.08. The van der Waals surface area contributed by atoms with Crippen LogP contribution in [-0.4, -0.2) is 28.4 Å². The van der Waals surface area contributed by atoms with Crippen molar-refractivity contribution >= 4 is 10.0 Å². The number of pyridine rings is 1. The van der Waals surface area contributed by atoms with E-state index in [-0.39, 0.29) is 11.4 Å². The second kappa shape index (κ2) is 6.84. The number of benzene rings is 1. The molecule has 0 saturated carbocycles. The van der Waals surface area contributed by atoms with Gasteiger partial charge in [0, 0.05) is 12.4 Å². The molecule has 0 aliphatic heterocycles. The van der Waals surface area contributed by atoms with Gasteiger partial charge >= 0.3 is 6.18 Å². The lowest BCUT2D eigenvalue weighted by Crippen LogP contribution is -2.23. The van der Waals surface area contributed by atoms with E-state index in [9.17, 15) is 21.6 Å². The van der Waals surface area contributed by atoms with E-state index in [0.29, 0.717) is 23.5 Å². The molecule has 0 amide bonds. The zero-order valence-electron chi connectivity index (χ0n) is 13.1. The van der Waals surface area contributed by atoms with Gasteiger partial charge in [-0.2, -0.15) is 13.2 Å². The van der Waals surface area contributed by atoms with Gasteiger partial charge in [0.15, 0.2) is 0 Å². The van der Waals surface area contributed by atoms with Gasteiger partial charge in [-0.05, 0) is 36.4 Å². The molecule has 2 aromatic heterocycles. The van der Waals surface area contributed by atoms with Crippen LogP contribution in [0.4, 0.5) is 13.2 Å². The number of nitrogens with zero attached hydrogens (tertiary/aromatic N) is 4. The van der Waals surface area contributed by atoms with Crippen LogP contribution >= 0.6 is 0 Å². The highest BCUT2D eigenvalue weighted by atomic mass is 32.2. The number of sulfonamides is 1. The van der Waals surface area contributed by atoms with Gasteiger partial charge in [0.25, 0.3) is 0 Å². The maximum Gasteiger partial charge on any atom is 0.416 e. The number of nitrogens with one attached hydrogen (secondary N) is 1. The predicted molar refractivity (Wildman–Crippen MR) is 84.6 cm³/mol. The minimum absolute atomic E-state index is 0.158. The zero-order chi connectivity index (χ0) is 18.8. The van der Waals surface area contributed by atoms with Crippen LogP contribution < -0.4 is 4.72 Å². The third-order valence-corrected chi connectivity index (χ3v) is 4.82.